The van der Waals surface area contributed by atoms with Gasteiger partial charge in [0.15, 0.2) is 23.4 Å². The first-order valence-corrected chi connectivity index (χ1v) is 10.1. The van der Waals surface area contributed by atoms with Gasteiger partial charge in [-0.1, -0.05) is 5.16 Å². The Morgan fingerprint density at radius 1 is 1.19 bits per heavy atom. The van der Waals surface area contributed by atoms with Gasteiger partial charge in [0, 0.05) is 22.9 Å². The lowest BCUT2D eigenvalue weighted by Gasteiger charge is -2.22. The van der Waals surface area contributed by atoms with Crippen molar-refractivity contribution < 1.29 is 33.7 Å². The van der Waals surface area contributed by atoms with Gasteiger partial charge in [-0.15, -0.1) is 0 Å². The van der Waals surface area contributed by atoms with Crippen molar-refractivity contribution >= 4 is 17.5 Å². The van der Waals surface area contributed by atoms with Crippen LogP contribution in [0.2, 0.25) is 0 Å². The third-order valence-corrected chi connectivity index (χ3v) is 4.21. The zero-order chi connectivity index (χ0) is 23.7. The summed E-state index contributed by atoms with van der Waals surface area (Å²) in [6.45, 7) is 5.13. The number of nitrogens with two attached hydrogens (primary N) is 1. The predicted octanol–water partition coefficient (Wildman–Crippen LogP) is 2.79. The molecular weight excluding hydrogens is 421 g/mol. The van der Waals surface area contributed by atoms with Gasteiger partial charge >= 0.3 is 5.97 Å². The van der Waals surface area contributed by atoms with E-state index in [4.69, 9.17) is 30.3 Å². The number of carbonyl (C=O) groups excluding carboxylic acids is 1. The first kappa shape index (κ1) is 24.7. The van der Waals surface area contributed by atoms with Crippen molar-refractivity contribution in [2.75, 3.05) is 25.1 Å². The number of nitrogens with one attached hydrogen (secondary N) is 1. The SMILES string of the molecule is CCOc1cc([C@@H](Nc2ccc(/C(N)=N\O)cc2)C(=O)OC(C)C)c(F)cc1OCCO. The minimum Gasteiger partial charge on any atom is -0.490 e. The smallest absolute Gasteiger partial charge is 0.333 e. The van der Waals surface area contributed by atoms with Crippen molar-refractivity contribution in [2.24, 2.45) is 10.9 Å². The van der Waals surface area contributed by atoms with Crippen LogP contribution >= 0.6 is 0 Å². The highest BCUT2D eigenvalue weighted by Gasteiger charge is 2.28. The second kappa shape index (κ2) is 11.8. The number of ether oxygens (including phenoxy) is 3. The Morgan fingerprint density at radius 3 is 2.41 bits per heavy atom. The molecule has 0 unspecified atom stereocenters. The normalized spacial score (nSPS) is 12.4. The number of esters is 1. The molecule has 0 aliphatic rings. The monoisotopic (exact) mass is 449 g/mol. The molecule has 0 aromatic heterocycles. The molecule has 5 N–H and O–H groups in total. The molecule has 0 heterocycles. The number of nitrogens with zero attached hydrogens (tertiary/aromatic N) is 1. The Morgan fingerprint density at radius 2 is 1.84 bits per heavy atom. The summed E-state index contributed by atoms with van der Waals surface area (Å²) in [5.41, 5.74) is 6.51. The van der Waals surface area contributed by atoms with Gasteiger partial charge < -0.3 is 35.6 Å². The molecule has 174 valence electrons. The van der Waals surface area contributed by atoms with Gasteiger partial charge in [0.05, 0.1) is 19.3 Å². The minimum atomic E-state index is -1.20. The largest absolute Gasteiger partial charge is 0.490 e. The second-order valence-electron chi connectivity index (χ2n) is 6.95. The number of halogens is 1. The number of amidine groups is 1. The van der Waals surface area contributed by atoms with Crippen molar-refractivity contribution in [1.29, 1.82) is 0 Å². The fourth-order valence-corrected chi connectivity index (χ4v) is 2.83. The lowest BCUT2D eigenvalue weighted by molar-refractivity contribution is -0.148. The Balaban J connectivity index is 2.45. The summed E-state index contributed by atoms with van der Waals surface area (Å²) in [5.74, 6) is -1.14. The van der Waals surface area contributed by atoms with Gasteiger partial charge in [-0.25, -0.2) is 9.18 Å². The summed E-state index contributed by atoms with van der Waals surface area (Å²) in [6.07, 6.45) is -0.420. The minimum absolute atomic E-state index is 0.00374. The molecule has 32 heavy (non-hydrogen) atoms. The van der Waals surface area contributed by atoms with Gasteiger partial charge in [0.25, 0.3) is 0 Å². The van der Waals surface area contributed by atoms with E-state index < -0.39 is 23.9 Å². The Kier molecular flexibility index (Phi) is 9.08. The molecule has 0 aliphatic heterocycles. The molecule has 0 saturated carbocycles. The molecule has 0 bridgehead atoms. The van der Waals surface area contributed by atoms with Crippen LogP contribution in [0.25, 0.3) is 0 Å². The van der Waals surface area contributed by atoms with E-state index in [1.807, 2.05) is 0 Å². The molecule has 0 amide bonds. The van der Waals surface area contributed by atoms with Gasteiger partial charge in [-0.3, -0.25) is 0 Å². The maximum atomic E-state index is 15.1. The maximum absolute atomic E-state index is 15.1. The fourth-order valence-electron chi connectivity index (χ4n) is 2.83. The highest BCUT2D eigenvalue weighted by molar-refractivity contribution is 5.97. The molecule has 0 fully saturated rings. The molecule has 10 heteroatoms. The van der Waals surface area contributed by atoms with Crippen LogP contribution in [-0.4, -0.2) is 48.0 Å². The van der Waals surface area contributed by atoms with Crippen molar-refractivity contribution in [2.45, 2.75) is 32.9 Å². The van der Waals surface area contributed by atoms with Crippen LogP contribution in [0.15, 0.2) is 41.6 Å². The van der Waals surface area contributed by atoms with Crippen LogP contribution in [0.5, 0.6) is 11.5 Å². The maximum Gasteiger partial charge on any atom is 0.333 e. The van der Waals surface area contributed by atoms with Crippen LogP contribution in [0.3, 0.4) is 0 Å². The van der Waals surface area contributed by atoms with Crippen LogP contribution in [0, 0.1) is 5.82 Å². The summed E-state index contributed by atoms with van der Waals surface area (Å²) in [6, 6.07) is 7.64. The van der Waals surface area contributed by atoms with Gasteiger partial charge in [0.1, 0.15) is 12.4 Å². The fraction of sp³-hybridized carbons (Fsp3) is 0.364. The summed E-state index contributed by atoms with van der Waals surface area (Å²) in [7, 11) is 0. The Hall–Kier alpha value is -3.53. The molecular formula is C22H28FN3O6. The molecule has 2 aromatic carbocycles. The Bertz CT molecular complexity index is 934. The number of aliphatic hydroxyl groups is 1. The Labute approximate surface area is 185 Å². The van der Waals surface area contributed by atoms with E-state index in [-0.39, 0.29) is 42.7 Å². The average molecular weight is 449 g/mol. The van der Waals surface area contributed by atoms with Crippen LogP contribution < -0.4 is 20.5 Å². The van der Waals surface area contributed by atoms with E-state index in [9.17, 15) is 4.79 Å². The van der Waals surface area contributed by atoms with E-state index in [1.165, 1.54) is 6.07 Å². The van der Waals surface area contributed by atoms with Crippen molar-refractivity contribution in [3.8, 4) is 11.5 Å². The third kappa shape index (κ3) is 6.48. The van der Waals surface area contributed by atoms with E-state index in [1.54, 1.807) is 45.0 Å². The van der Waals surface area contributed by atoms with Crippen LogP contribution in [0.1, 0.15) is 37.9 Å². The standard InChI is InChI=1S/C22H28FN3O6/c1-4-30-18-11-16(17(23)12-19(18)31-10-9-27)20(22(28)32-13(2)3)25-15-7-5-14(6-8-15)21(24)26-29/h5-8,11-13,20,25,27,29H,4,9-10H2,1-3H3,(H2,24,26)/t20-/m1/s1. The highest BCUT2D eigenvalue weighted by Crippen LogP contribution is 2.35. The zero-order valence-corrected chi connectivity index (χ0v) is 18.2. The molecule has 0 saturated heterocycles. The number of carbonyl (C=O) groups is 1. The first-order valence-electron chi connectivity index (χ1n) is 10.1. The summed E-state index contributed by atoms with van der Waals surface area (Å²) in [4.78, 5) is 12.8. The predicted molar refractivity (Wildman–Crippen MR) is 117 cm³/mol. The van der Waals surface area contributed by atoms with Crippen molar-refractivity contribution in [1.82, 2.24) is 0 Å². The zero-order valence-electron chi connectivity index (χ0n) is 18.2. The molecule has 0 radical (unpaired) electrons. The summed E-state index contributed by atoms with van der Waals surface area (Å²) >= 11 is 0. The number of hydrogen-bond donors (Lipinski definition) is 4. The molecule has 0 spiro atoms. The van der Waals surface area contributed by atoms with E-state index in [0.29, 0.717) is 11.3 Å². The third-order valence-electron chi connectivity index (χ3n) is 4.21. The van der Waals surface area contributed by atoms with Crippen LogP contribution in [-0.2, 0) is 9.53 Å². The lowest BCUT2D eigenvalue weighted by atomic mass is 10.0. The lowest BCUT2D eigenvalue weighted by Crippen LogP contribution is -2.26. The summed E-state index contributed by atoms with van der Waals surface area (Å²) in [5, 5.41) is 23.7. The highest BCUT2D eigenvalue weighted by atomic mass is 19.1. The van der Waals surface area contributed by atoms with Gasteiger partial charge in [0.2, 0.25) is 0 Å². The van der Waals surface area contributed by atoms with E-state index in [0.717, 1.165) is 6.07 Å². The van der Waals surface area contributed by atoms with E-state index in [2.05, 4.69) is 10.5 Å². The number of oxime groups is 1. The van der Waals surface area contributed by atoms with Gasteiger partial charge in [-0.2, -0.15) is 0 Å². The molecule has 1 atom stereocenters. The van der Waals surface area contributed by atoms with Gasteiger partial charge in [-0.05, 0) is 51.1 Å². The second-order valence-corrected chi connectivity index (χ2v) is 6.95. The molecule has 2 aromatic rings. The number of aliphatic hydroxyl groups excluding tert-OH is 1. The van der Waals surface area contributed by atoms with E-state index >= 15 is 4.39 Å². The van der Waals surface area contributed by atoms with Crippen molar-refractivity contribution in [3.63, 3.8) is 0 Å². The average Bonchev–Trinajstić information content (AvgIpc) is 2.77. The number of hydrogen-bond acceptors (Lipinski definition) is 8. The number of rotatable bonds is 11. The first-order chi connectivity index (χ1) is 15.3. The van der Waals surface area contributed by atoms with Crippen molar-refractivity contribution in [3.05, 3.63) is 53.3 Å². The summed E-state index contributed by atoms with van der Waals surface area (Å²) < 4.78 is 31.3. The quantitative estimate of drug-likeness (QED) is 0.135. The molecule has 9 nitrogen and oxygen atoms in total. The number of anilines is 1. The van der Waals surface area contributed by atoms with Crippen LogP contribution in [0.4, 0.5) is 10.1 Å². The molecule has 0 aliphatic carbocycles. The molecule has 2 rings (SSSR count). The number of benzene rings is 2. The topological polar surface area (TPSA) is 136 Å².